The van der Waals surface area contributed by atoms with Crippen LogP contribution in [0.15, 0.2) is 24.7 Å². The zero-order valence-electron chi connectivity index (χ0n) is 9.59. The number of hydrogen-bond acceptors (Lipinski definition) is 4. The van der Waals surface area contributed by atoms with E-state index in [-0.39, 0.29) is 12.6 Å². The molecule has 90 valence electrons. The Hall–Kier alpha value is -1.17. The maximum absolute atomic E-state index is 8.97. The molecule has 5 heteroatoms. The van der Waals surface area contributed by atoms with Gasteiger partial charge in [-0.1, -0.05) is 12.2 Å². The number of nitrogens with zero attached hydrogens (tertiary/aromatic N) is 2. The molecule has 0 aliphatic carbocycles. The van der Waals surface area contributed by atoms with Gasteiger partial charge in [0.1, 0.15) is 0 Å². The molecule has 0 radical (unpaired) electrons. The molecule has 0 spiro atoms. The van der Waals surface area contributed by atoms with Crippen LogP contribution in [0.3, 0.4) is 0 Å². The summed E-state index contributed by atoms with van der Waals surface area (Å²) in [5.74, 6) is 0. The molecule has 0 saturated heterocycles. The Morgan fingerprint density at radius 2 is 2.50 bits per heavy atom. The van der Waals surface area contributed by atoms with Crippen LogP contribution in [0.1, 0.15) is 18.7 Å². The molecule has 1 heterocycles. The Morgan fingerprint density at radius 1 is 1.75 bits per heavy atom. The minimum absolute atomic E-state index is 0.0850. The Morgan fingerprint density at radius 3 is 3.12 bits per heavy atom. The van der Waals surface area contributed by atoms with Gasteiger partial charge >= 0.3 is 0 Å². The fraction of sp³-hybridized carbons (Fsp3) is 0.545. The minimum atomic E-state index is -0.386. The topological polar surface area (TPSA) is 73.3 Å². The maximum Gasteiger partial charge on any atom is 0.0949 e. The number of nitrogens with two attached hydrogens (primary N) is 1. The third kappa shape index (κ3) is 3.77. The molecule has 1 unspecified atom stereocenters. The van der Waals surface area contributed by atoms with Crippen LogP contribution in [0.4, 0.5) is 0 Å². The zero-order valence-corrected chi connectivity index (χ0v) is 9.59. The van der Waals surface area contributed by atoms with Gasteiger partial charge in [0.15, 0.2) is 0 Å². The van der Waals surface area contributed by atoms with Gasteiger partial charge in [0, 0.05) is 12.7 Å². The molecule has 0 aliphatic heterocycles. The molecule has 0 aromatic carbocycles. The van der Waals surface area contributed by atoms with Gasteiger partial charge in [0.25, 0.3) is 0 Å². The molecule has 5 nitrogen and oxygen atoms in total. The van der Waals surface area contributed by atoms with E-state index in [1.165, 1.54) is 0 Å². The van der Waals surface area contributed by atoms with Crippen molar-refractivity contribution >= 4 is 0 Å². The molecule has 0 saturated carbocycles. The van der Waals surface area contributed by atoms with Crippen molar-refractivity contribution in [3.63, 3.8) is 0 Å². The van der Waals surface area contributed by atoms with Gasteiger partial charge in [-0.2, -0.15) is 0 Å². The summed E-state index contributed by atoms with van der Waals surface area (Å²) in [4.78, 5) is 4.00. The summed E-state index contributed by atoms with van der Waals surface area (Å²) in [6, 6.07) is -0.386. The van der Waals surface area contributed by atoms with E-state index < -0.39 is 0 Å². The van der Waals surface area contributed by atoms with Crippen LogP contribution in [0, 0.1) is 0 Å². The second-order valence-corrected chi connectivity index (χ2v) is 3.81. The van der Waals surface area contributed by atoms with E-state index in [1.54, 1.807) is 12.5 Å². The number of hydrogen-bond donors (Lipinski definition) is 2. The molecule has 16 heavy (non-hydrogen) atoms. The Labute approximate surface area is 95.5 Å². The molecule has 0 fully saturated rings. The van der Waals surface area contributed by atoms with Crippen molar-refractivity contribution in [1.29, 1.82) is 0 Å². The normalized spacial score (nSPS) is 12.7. The minimum Gasteiger partial charge on any atom is -0.394 e. The van der Waals surface area contributed by atoms with E-state index in [0.717, 1.165) is 11.3 Å². The number of rotatable bonds is 7. The van der Waals surface area contributed by atoms with Crippen molar-refractivity contribution in [3.8, 4) is 0 Å². The third-order valence-corrected chi connectivity index (χ3v) is 2.15. The van der Waals surface area contributed by atoms with Gasteiger partial charge in [0.05, 0.1) is 37.9 Å². The van der Waals surface area contributed by atoms with Gasteiger partial charge < -0.3 is 20.1 Å². The average Bonchev–Trinajstić information content (AvgIpc) is 2.71. The highest BCUT2D eigenvalue weighted by Crippen LogP contribution is 2.08. The SMILES string of the molecule is C=C(C)COCCn1cncc1C(N)CO. The molecule has 0 bridgehead atoms. The van der Waals surface area contributed by atoms with E-state index in [2.05, 4.69) is 11.6 Å². The lowest BCUT2D eigenvalue weighted by Crippen LogP contribution is -2.20. The number of aliphatic hydroxyl groups excluding tert-OH is 1. The fourth-order valence-electron chi connectivity index (χ4n) is 1.33. The predicted molar refractivity (Wildman–Crippen MR) is 61.9 cm³/mol. The van der Waals surface area contributed by atoms with Crippen LogP contribution in [-0.2, 0) is 11.3 Å². The average molecular weight is 225 g/mol. The summed E-state index contributed by atoms with van der Waals surface area (Å²) in [7, 11) is 0. The summed E-state index contributed by atoms with van der Waals surface area (Å²) in [6.07, 6.45) is 3.36. The highest BCUT2D eigenvalue weighted by molar-refractivity contribution is 5.04. The largest absolute Gasteiger partial charge is 0.394 e. The van der Waals surface area contributed by atoms with Crippen LogP contribution in [0.5, 0.6) is 0 Å². The van der Waals surface area contributed by atoms with E-state index in [4.69, 9.17) is 15.6 Å². The van der Waals surface area contributed by atoms with Gasteiger partial charge in [-0.25, -0.2) is 4.98 Å². The molecule has 1 atom stereocenters. The smallest absolute Gasteiger partial charge is 0.0949 e. The van der Waals surface area contributed by atoms with Crippen molar-refractivity contribution in [2.45, 2.75) is 19.5 Å². The van der Waals surface area contributed by atoms with Crippen molar-refractivity contribution in [1.82, 2.24) is 9.55 Å². The molecular weight excluding hydrogens is 206 g/mol. The summed E-state index contributed by atoms with van der Waals surface area (Å²) in [5.41, 5.74) is 7.55. The second-order valence-electron chi connectivity index (χ2n) is 3.81. The van der Waals surface area contributed by atoms with Crippen molar-refractivity contribution < 1.29 is 9.84 Å². The Kier molecular flexibility index (Phi) is 5.18. The fourth-order valence-corrected chi connectivity index (χ4v) is 1.33. The standard InChI is InChI=1S/C11H19N3O2/c1-9(2)7-16-4-3-14-8-13-5-11(14)10(12)6-15/h5,8,10,15H,1,3-4,6-7,12H2,2H3. The highest BCUT2D eigenvalue weighted by atomic mass is 16.5. The first-order valence-corrected chi connectivity index (χ1v) is 5.23. The van der Waals surface area contributed by atoms with Crippen molar-refractivity contribution in [2.75, 3.05) is 19.8 Å². The summed E-state index contributed by atoms with van der Waals surface area (Å²) in [5, 5.41) is 8.97. The quantitative estimate of drug-likeness (QED) is 0.522. The number of aliphatic hydroxyl groups is 1. The Bertz CT molecular complexity index is 336. The van der Waals surface area contributed by atoms with E-state index in [1.807, 2.05) is 11.5 Å². The van der Waals surface area contributed by atoms with Crippen LogP contribution in [0.25, 0.3) is 0 Å². The lowest BCUT2D eigenvalue weighted by Gasteiger charge is -2.12. The number of aromatic nitrogens is 2. The summed E-state index contributed by atoms with van der Waals surface area (Å²) >= 11 is 0. The van der Waals surface area contributed by atoms with E-state index in [9.17, 15) is 0 Å². The van der Waals surface area contributed by atoms with Gasteiger partial charge in [0.2, 0.25) is 0 Å². The molecule has 0 aliphatic rings. The van der Waals surface area contributed by atoms with Crippen molar-refractivity contribution in [2.24, 2.45) is 5.73 Å². The van der Waals surface area contributed by atoms with Gasteiger partial charge in [-0.3, -0.25) is 0 Å². The van der Waals surface area contributed by atoms with E-state index in [0.29, 0.717) is 19.8 Å². The summed E-state index contributed by atoms with van der Waals surface area (Å²) in [6.45, 7) is 7.41. The molecule has 0 amide bonds. The molecule has 3 N–H and O–H groups in total. The third-order valence-electron chi connectivity index (χ3n) is 2.15. The van der Waals surface area contributed by atoms with E-state index >= 15 is 0 Å². The molecule has 1 rings (SSSR count). The number of ether oxygens (including phenoxy) is 1. The predicted octanol–water partition coefficient (Wildman–Crippen LogP) is 0.468. The maximum atomic E-state index is 8.97. The molecule has 1 aromatic heterocycles. The highest BCUT2D eigenvalue weighted by Gasteiger charge is 2.09. The van der Waals surface area contributed by atoms with Crippen LogP contribution in [0.2, 0.25) is 0 Å². The zero-order chi connectivity index (χ0) is 12.0. The van der Waals surface area contributed by atoms with Crippen LogP contribution in [-0.4, -0.2) is 34.5 Å². The Balaban J connectivity index is 2.41. The van der Waals surface area contributed by atoms with Crippen LogP contribution >= 0.6 is 0 Å². The first-order chi connectivity index (χ1) is 7.65. The lowest BCUT2D eigenvalue weighted by molar-refractivity contribution is 0.146. The molecule has 1 aromatic rings. The monoisotopic (exact) mass is 225 g/mol. The second kappa shape index (κ2) is 6.42. The number of imidazole rings is 1. The van der Waals surface area contributed by atoms with Crippen molar-refractivity contribution in [3.05, 3.63) is 30.4 Å². The lowest BCUT2D eigenvalue weighted by atomic mass is 10.2. The van der Waals surface area contributed by atoms with Gasteiger partial charge in [-0.15, -0.1) is 0 Å². The van der Waals surface area contributed by atoms with Gasteiger partial charge in [-0.05, 0) is 6.92 Å². The van der Waals surface area contributed by atoms with Crippen LogP contribution < -0.4 is 5.73 Å². The molecular formula is C11H19N3O2. The first-order valence-electron chi connectivity index (χ1n) is 5.23. The first kappa shape index (κ1) is 12.9. The summed E-state index contributed by atoms with van der Waals surface area (Å²) < 4.78 is 7.27.